The first-order valence-corrected chi connectivity index (χ1v) is 12.4. The molecule has 0 spiro atoms. The van der Waals surface area contributed by atoms with E-state index in [0.717, 1.165) is 54.4 Å². The van der Waals surface area contributed by atoms with E-state index in [0.29, 0.717) is 23.5 Å². The zero-order valence-corrected chi connectivity index (χ0v) is 19.0. The van der Waals surface area contributed by atoms with Crippen LogP contribution in [0.1, 0.15) is 56.4 Å². The van der Waals surface area contributed by atoms with Crippen molar-refractivity contribution in [2.45, 2.75) is 76.5 Å². The van der Waals surface area contributed by atoms with Gasteiger partial charge in [0.1, 0.15) is 4.83 Å². The molecule has 0 bridgehead atoms. The first-order chi connectivity index (χ1) is 14.0. The Bertz CT molecular complexity index is 1010. The number of piperidine rings is 1. The van der Waals surface area contributed by atoms with Gasteiger partial charge >= 0.3 is 0 Å². The van der Waals surface area contributed by atoms with E-state index in [9.17, 15) is 9.59 Å². The van der Waals surface area contributed by atoms with Crippen LogP contribution in [0, 0.1) is 0 Å². The Morgan fingerprint density at radius 3 is 2.83 bits per heavy atom. The monoisotopic (exact) mass is 431 g/mol. The molecule has 29 heavy (non-hydrogen) atoms. The molecule has 1 aliphatic carbocycles. The second-order valence-corrected chi connectivity index (χ2v) is 10.4. The molecule has 7 heteroatoms. The molecule has 0 aromatic carbocycles. The van der Waals surface area contributed by atoms with Crippen LogP contribution in [0.2, 0.25) is 0 Å². The predicted octanol–water partition coefficient (Wildman–Crippen LogP) is 4.41. The quantitative estimate of drug-likeness (QED) is 0.400. The van der Waals surface area contributed by atoms with Crippen molar-refractivity contribution in [1.82, 2.24) is 14.5 Å². The van der Waals surface area contributed by atoms with Gasteiger partial charge in [-0.1, -0.05) is 23.9 Å². The van der Waals surface area contributed by atoms with Crippen molar-refractivity contribution in [1.29, 1.82) is 0 Å². The van der Waals surface area contributed by atoms with Crippen LogP contribution < -0.4 is 5.56 Å². The molecule has 0 radical (unpaired) electrons. The SMILES string of the molecule is C=C(C)Cn1c(SCC(=O)N2CCCCC2C)nc2sc3c(c2c1=O)CCCC3. The average Bonchev–Trinajstić information content (AvgIpc) is 3.07. The summed E-state index contributed by atoms with van der Waals surface area (Å²) in [5.74, 6) is 0.465. The van der Waals surface area contributed by atoms with Gasteiger partial charge in [0, 0.05) is 24.0 Å². The Labute approximate surface area is 180 Å². The minimum absolute atomic E-state index is 0.0266. The molecule has 1 amide bonds. The van der Waals surface area contributed by atoms with Gasteiger partial charge in [0.2, 0.25) is 5.91 Å². The minimum Gasteiger partial charge on any atom is -0.339 e. The lowest BCUT2D eigenvalue weighted by molar-refractivity contribution is -0.131. The maximum atomic E-state index is 13.4. The first kappa shape index (κ1) is 20.7. The molecular formula is C22H29N3O2S2. The van der Waals surface area contributed by atoms with Crippen LogP contribution in [-0.2, 0) is 24.2 Å². The number of nitrogens with zero attached hydrogens (tertiary/aromatic N) is 3. The zero-order valence-electron chi connectivity index (χ0n) is 17.3. The van der Waals surface area contributed by atoms with Gasteiger partial charge < -0.3 is 4.90 Å². The van der Waals surface area contributed by atoms with E-state index in [1.807, 2.05) is 11.8 Å². The van der Waals surface area contributed by atoms with Gasteiger partial charge in [-0.2, -0.15) is 0 Å². The normalized spacial score (nSPS) is 19.4. The van der Waals surface area contributed by atoms with Gasteiger partial charge in [0.25, 0.3) is 5.56 Å². The van der Waals surface area contributed by atoms with Crippen molar-refractivity contribution in [2.24, 2.45) is 0 Å². The van der Waals surface area contributed by atoms with Crippen LogP contribution in [0.4, 0.5) is 0 Å². The molecule has 2 aromatic rings. The summed E-state index contributed by atoms with van der Waals surface area (Å²) in [5, 5.41) is 1.44. The number of rotatable bonds is 5. The summed E-state index contributed by atoms with van der Waals surface area (Å²) in [5.41, 5.74) is 2.15. The fourth-order valence-corrected chi connectivity index (χ4v) is 6.60. The number of aryl methyl sites for hydroxylation is 2. The fraction of sp³-hybridized carbons (Fsp3) is 0.591. The average molecular weight is 432 g/mol. The molecule has 1 aliphatic heterocycles. The molecule has 2 aromatic heterocycles. The summed E-state index contributed by atoms with van der Waals surface area (Å²) in [6.45, 7) is 9.33. The summed E-state index contributed by atoms with van der Waals surface area (Å²) >= 11 is 3.06. The third-order valence-corrected chi connectivity index (χ3v) is 8.06. The molecular weight excluding hydrogens is 402 g/mol. The van der Waals surface area contributed by atoms with Crippen LogP contribution in [0.3, 0.4) is 0 Å². The van der Waals surface area contributed by atoms with Gasteiger partial charge in [-0.25, -0.2) is 4.98 Å². The second-order valence-electron chi connectivity index (χ2n) is 8.35. The highest BCUT2D eigenvalue weighted by Gasteiger charge is 2.25. The number of hydrogen-bond acceptors (Lipinski definition) is 5. The molecule has 156 valence electrons. The number of aromatic nitrogens is 2. The predicted molar refractivity (Wildman–Crippen MR) is 121 cm³/mol. The van der Waals surface area contributed by atoms with Crippen molar-refractivity contribution in [3.63, 3.8) is 0 Å². The summed E-state index contributed by atoms with van der Waals surface area (Å²) in [7, 11) is 0. The highest BCUT2D eigenvalue weighted by molar-refractivity contribution is 7.99. The van der Waals surface area contributed by atoms with Crippen molar-refractivity contribution in [3.05, 3.63) is 32.9 Å². The molecule has 1 unspecified atom stereocenters. The molecule has 3 heterocycles. The molecule has 2 aliphatic rings. The van der Waals surface area contributed by atoms with Gasteiger partial charge in [-0.3, -0.25) is 14.2 Å². The number of amides is 1. The molecule has 4 rings (SSSR count). The topological polar surface area (TPSA) is 55.2 Å². The van der Waals surface area contributed by atoms with Gasteiger partial charge in [0.05, 0.1) is 11.1 Å². The first-order valence-electron chi connectivity index (χ1n) is 10.6. The van der Waals surface area contributed by atoms with Crippen molar-refractivity contribution < 1.29 is 4.79 Å². The molecule has 1 fully saturated rings. The van der Waals surface area contributed by atoms with E-state index >= 15 is 0 Å². The van der Waals surface area contributed by atoms with Gasteiger partial charge in [-0.05, 0) is 64.4 Å². The Kier molecular flexibility index (Phi) is 6.16. The third kappa shape index (κ3) is 4.17. The number of thioether (sulfide) groups is 1. The third-order valence-electron chi connectivity index (χ3n) is 5.92. The fourth-order valence-electron chi connectivity index (χ4n) is 4.42. The number of likely N-dealkylation sites (tertiary alicyclic amines) is 1. The lowest BCUT2D eigenvalue weighted by Gasteiger charge is -2.33. The Morgan fingerprint density at radius 1 is 1.28 bits per heavy atom. The smallest absolute Gasteiger partial charge is 0.263 e. The van der Waals surface area contributed by atoms with Crippen LogP contribution in [-0.4, -0.2) is 38.7 Å². The lowest BCUT2D eigenvalue weighted by Crippen LogP contribution is -2.43. The minimum atomic E-state index is 0.0266. The Balaban J connectivity index is 1.66. The largest absolute Gasteiger partial charge is 0.339 e. The maximum absolute atomic E-state index is 13.4. The highest BCUT2D eigenvalue weighted by Crippen LogP contribution is 2.35. The molecule has 1 saturated heterocycles. The summed E-state index contributed by atoms with van der Waals surface area (Å²) in [6, 6.07) is 0.300. The molecule has 5 nitrogen and oxygen atoms in total. The summed E-state index contributed by atoms with van der Waals surface area (Å²) in [6.07, 6.45) is 7.67. The van der Waals surface area contributed by atoms with Crippen LogP contribution >= 0.6 is 23.1 Å². The van der Waals surface area contributed by atoms with Crippen molar-refractivity contribution in [2.75, 3.05) is 12.3 Å². The Hall–Kier alpha value is -1.60. The van der Waals surface area contributed by atoms with E-state index in [1.165, 1.54) is 35.0 Å². The number of allylic oxidation sites excluding steroid dienone is 1. The van der Waals surface area contributed by atoms with E-state index in [1.54, 1.807) is 15.9 Å². The molecule has 0 saturated carbocycles. The van der Waals surface area contributed by atoms with E-state index in [4.69, 9.17) is 4.98 Å². The van der Waals surface area contributed by atoms with E-state index in [2.05, 4.69) is 13.5 Å². The van der Waals surface area contributed by atoms with E-state index in [-0.39, 0.29) is 11.5 Å². The maximum Gasteiger partial charge on any atom is 0.263 e. The number of fused-ring (bicyclic) bond motifs is 3. The van der Waals surface area contributed by atoms with Gasteiger partial charge in [0.15, 0.2) is 5.16 Å². The van der Waals surface area contributed by atoms with Crippen LogP contribution in [0.15, 0.2) is 22.1 Å². The van der Waals surface area contributed by atoms with Gasteiger partial charge in [-0.15, -0.1) is 11.3 Å². The molecule has 0 N–H and O–H groups in total. The summed E-state index contributed by atoms with van der Waals surface area (Å²) < 4.78 is 1.73. The summed E-state index contributed by atoms with van der Waals surface area (Å²) in [4.78, 5) is 35.2. The van der Waals surface area contributed by atoms with Crippen LogP contribution in [0.5, 0.6) is 0 Å². The van der Waals surface area contributed by atoms with Crippen molar-refractivity contribution >= 4 is 39.2 Å². The Morgan fingerprint density at radius 2 is 2.07 bits per heavy atom. The van der Waals surface area contributed by atoms with Crippen LogP contribution in [0.25, 0.3) is 10.2 Å². The number of thiophene rings is 1. The number of carbonyl (C=O) groups excluding carboxylic acids is 1. The van der Waals surface area contributed by atoms with Crippen molar-refractivity contribution in [3.8, 4) is 0 Å². The zero-order chi connectivity index (χ0) is 20.5. The lowest BCUT2D eigenvalue weighted by atomic mass is 9.97. The van der Waals surface area contributed by atoms with E-state index < -0.39 is 0 Å². The highest BCUT2D eigenvalue weighted by atomic mass is 32.2. The number of carbonyl (C=O) groups is 1. The molecule has 1 atom stereocenters. The number of hydrogen-bond donors (Lipinski definition) is 0. The standard InChI is InChI=1S/C22H29N3O2S2/c1-14(2)12-25-21(27)19-16-9-4-5-10-17(16)29-20(19)23-22(25)28-13-18(26)24-11-7-6-8-15(24)3/h15H,1,4-13H2,2-3H3. The second kappa shape index (κ2) is 8.64.